The van der Waals surface area contributed by atoms with Crippen LogP contribution in [0.2, 0.25) is 0 Å². The highest BCUT2D eigenvalue weighted by atomic mass is 16.6. The number of allylic oxidation sites excluding steroid dienone is 3. The molecule has 0 aliphatic carbocycles. The SMILES string of the molecule is C=C/C=C(\C=C)C1CN(C(=O)OC(C)(C)C)CCC1=O. The zero-order chi connectivity index (χ0) is 15.3. The van der Waals surface area contributed by atoms with E-state index in [-0.39, 0.29) is 17.8 Å². The van der Waals surface area contributed by atoms with Crippen LogP contribution < -0.4 is 0 Å². The summed E-state index contributed by atoms with van der Waals surface area (Å²) in [5, 5.41) is 0. The quantitative estimate of drug-likeness (QED) is 0.745. The van der Waals surface area contributed by atoms with Crippen molar-refractivity contribution in [3.63, 3.8) is 0 Å². The molecule has 0 N–H and O–H groups in total. The van der Waals surface area contributed by atoms with Crippen molar-refractivity contribution in [2.75, 3.05) is 13.1 Å². The lowest BCUT2D eigenvalue weighted by molar-refractivity contribution is -0.124. The van der Waals surface area contributed by atoms with Crippen molar-refractivity contribution in [3.05, 3.63) is 37.0 Å². The predicted octanol–water partition coefficient (Wildman–Crippen LogP) is 3.11. The van der Waals surface area contributed by atoms with Gasteiger partial charge in [0.15, 0.2) is 0 Å². The van der Waals surface area contributed by atoms with Gasteiger partial charge < -0.3 is 9.64 Å². The lowest BCUT2D eigenvalue weighted by atomic mass is 9.89. The highest BCUT2D eigenvalue weighted by Crippen LogP contribution is 2.23. The fourth-order valence-electron chi connectivity index (χ4n) is 2.08. The molecule has 0 saturated carbocycles. The van der Waals surface area contributed by atoms with E-state index in [1.165, 1.54) is 0 Å². The van der Waals surface area contributed by atoms with Crippen LogP contribution in [0.4, 0.5) is 4.79 Å². The first-order chi connectivity index (χ1) is 9.28. The molecule has 1 atom stereocenters. The van der Waals surface area contributed by atoms with E-state index >= 15 is 0 Å². The minimum Gasteiger partial charge on any atom is -0.444 e. The van der Waals surface area contributed by atoms with Gasteiger partial charge in [-0.3, -0.25) is 4.79 Å². The topological polar surface area (TPSA) is 46.6 Å². The summed E-state index contributed by atoms with van der Waals surface area (Å²) in [6.45, 7) is 13.6. The van der Waals surface area contributed by atoms with Crippen LogP contribution >= 0.6 is 0 Å². The Kier molecular flexibility index (Phi) is 5.31. The van der Waals surface area contributed by atoms with E-state index < -0.39 is 5.60 Å². The Morgan fingerprint density at radius 1 is 1.40 bits per heavy atom. The van der Waals surface area contributed by atoms with Crippen LogP contribution in [0, 0.1) is 5.92 Å². The minimum atomic E-state index is -0.535. The van der Waals surface area contributed by atoms with Crippen LogP contribution in [0.3, 0.4) is 0 Å². The molecule has 0 bridgehead atoms. The van der Waals surface area contributed by atoms with E-state index in [1.807, 2.05) is 20.8 Å². The Bertz CT molecular complexity index is 443. The van der Waals surface area contributed by atoms with Crippen LogP contribution in [0.15, 0.2) is 37.0 Å². The lowest BCUT2D eigenvalue weighted by Gasteiger charge is -2.33. The molecule has 0 aromatic carbocycles. The van der Waals surface area contributed by atoms with Gasteiger partial charge in [-0.15, -0.1) is 0 Å². The highest BCUT2D eigenvalue weighted by Gasteiger charge is 2.33. The van der Waals surface area contributed by atoms with Crippen molar-refractivity contribution < 1.29 is 14.3 Å². The number of ether oxygens (including phenoxy) is 1. The number of amides is 1. The van der Waals surface area contributed by atoms with Gasteiger partial charge in [0.1, 0.15) is 11.4 Å². The Hall–Kier alpha value is -1.84. The normalized spacial score (nSPS) is 20.6. The summed E-state index contributed by atoms with van der Waals surface area (Å²) in [4.78, 5) is 25.7. The molecular weight excluding hydrogens is 254 g/mol. The van der Waals surface area contributed by atoms with Gasteiger partial charge in [-0.25, -0.2) is 4.79 Å². The average molecular weight is 277 g/mol. The van der Waals surface area contributed by atoms with Gasteiger partial charge in [0, 0.05) is 19.5 Å². The molecule has 1 saturated heterocycles. The molecule has 1 aliphatic heterocycles. The third-order valence-corrected chi connectivity index (χ3v) is 3.02. The van der Waals surface area contributed by atoms with E-state index in [0.717, 1.165) is 5.57 Å². The number of nitrogens with zero attached hydrogens (tertiary/aromatic N) is 1. The maximum Gasteiger partial charge on any atom is 0.410 e. The zero-order valence-electron chi connectivity index (χ0n) is 12.5. The highest BCUT2D eigenvalue weighted by molar-refractivity contribution is 5.87. The zero-order valence-corrected chi connectivity index (χ0v) is 12.5. The number of likely N-dealkylation sites (tertiary alicyclic amines) is 1. The Morgan fingerprint density at radius 2 is 2.05 bits per heavy atom. The van der Waals surface area contributed by atoms with E-state index in [4.69, 9.17) is 4.74 Å². The van der Waals surface area contributed by atoms with Crippen molar-refractivity contribution in [3.8, 4) is 0 Å². The number of Topliss-reactive ketones (excluding diaryl/α,β-unsaturated/α-hetero) is 1. The molecule has 20 heavy (non-hydrogen) atoms. The molecule has 4 heteroatoms. The maximum atomic E-state index is 12.1. The van der Waals surface area contributed by atoms with Crippen molar-refractivity contribution in [2.24, 2.45) is 5.92 Å². The summed E-state index contributed by atoms with van der Waals surface area (Å²) >= 11 is 0. The summed E-state index contributed by atoms with van der Waals surface area (Å²) in [6.07, 6.45) is 4.98. The van der Waals surface area contributed by atoms with Crippen LogP contribution in [-0.2, 0) is 9.53 Å². The summed E-state index contributed by atoms with van der Waals surface area (Å²) in [5.74, 6) is -0.218. The van der Waals surface area contributed by atoms with Crippen molar-refractivity contribution in [1.82, 2.24) is 4.90 Å². The Labute approximate surface area is 120 Å². The molecule has 4 nitrogen and oxygen atoms in total. The first-order valence-electron chi connectivity index (χ1n) is 6.74. The Morgan fingerprint density at radius 3 is 2.55 bits per heavy atom. The smallest absolute Gasteiger partial charge is 0.410 e. The second-order valence-corrected chi connectivity index (χ2v) is 5.80. The van der Waals surface area contributed by atoms with Crippen molar-refractivity contribution in [2.45, 2.75) is 32.8 Å². The first kappa shape index (κ1) is 16.2. The van der Waals surface area contributed by atoms with Crippen LogP contribution in [0.1, 0.15) is 27.2 Å². The van der Waals surface area contributed by atoms with E-state index in [9.17, 15) is 9.59 Å². The van der Waals surface area contributed by atoms with Crippen LogP contribution in [0.5, 0.6) is 0 Å². The van der Waals surface area contributed by atoms with Gasteiger partial charge in [0.25, 0.3) is 0 Å². The number of carbonyl (C=O) groups is 2. The fourth-order valence-corrected chi connectivity index (χ4v) is 2.08. The number of carbonyl (C=O) groups excluding carboxylic acids is 2. The lowest BCUT2D eigenvalue weighted by Crippen LogP contribution is -2.46. The van der Waals surface area contributed by atoms with E-state index in [1.54, 1.807) is 23.1 Å². The minimum absolute atomic E-state index is 0.123. The molecule has 1 unspecified atom stereocenters. The number of ketones is 1. The van der Waals surface area contributed by atoms with Gasteiger partial charge in [-0.1, -0.05) is 31.4 Å². The molecule has 0 spiro atoms. The number of piperidine rings is 1. The summed E-state index contributed by atoms with van der Waals surface area (Å²) < 4.78 is 5.34. The number of hydrogen-bond acceptors (Lipinski definition) is 3. The molecule has 0 aromatic heterocycles. The van der Waals surface area contributed by atoms with Crippen molar-refractivity contribution in [1.29, 1.82) is 0 Å². The van der Waals surface area contributed by atoms with Gasteiger partial charge in [-0.2, -0.15) is 0 Å². The van der Waals surface area contributed by atoms with Crippen molar-refractivity contribution >= 4 is 11.9 Å². The summed E-state index contributed by atoms with van der Waals surface area (Å²) in [6, 6.07) is 0. The average Bonchev–Trinajstić information content (AvgIpc) is 2.34. The van der Waals surface area contributed by atoms with E-state index in [2.05, 4.69) is 13.2 Å². The Balaban J connectivity index is 2.83. The maximum absolute atomic E-state index is 12.1. The monoisotopic (exact) mass is 277 g/mol. The van der Waals surface area contributed by atoms with Gasteiger partial charge in [0.05, 0.1) is 5.92 Å². The first-order valence-corrected chi connectivity index (χ1v) is 6.74. The molecule has 1 amide bonds. The largest absolute Gasteiger partial charge is 0.444 e. The molecule has 0 radical (unpaired) electrons. The molecule has 0 aromatic rings. The van der Waals surface area contributed by atoms with Gasteiger partial charge >= 0.3 is 6.09 Å². The molecule has 1 aliphatic rings. The number of hydrogen-bond donors (Lipinski definition) is 0. The molecule has 1 fully saturated rings. The molecule has 1 rings (SSSR count). The van der Waals surface area contributed by atoms with Crippen LogP contribution in [-0.4, -0.2) is 35.5 Å². The molecule has 1 heterocycles. The molecule has 110 valence electrons. The summed E-state index contributed by atoms with van der Waals surface area (Å²) in [7, 11) is 0. The van der Waals surface area contributed by atoms with E-state index in [0.29, 0.717) is 19.5 Å². The standard InChI is InChI=1S/C16H23NO3/c1-6-8-12(7-2)13-11-17(10-9-14(13)18)15(19)20-16(3,4)5/h6-8,13H,1-2,9-11H2,3-5H3/b12-8+. The second-order valence-electron chi connectivity index (χ2n) is 5.80. The van der Waals surface area contributed by atoms with Gasteiger partial charge in [-0.05, 0) is 26.3 Å². The van der Waals surface area contributed by atoms with Crippen LogP contribution in [0.25, 0.3) is 0 Å². The third-order valence-electron chi connectivity index (χ3n) is 3.02. The fraction of sp³-hybridized carbons (Fsp3) is 0.500. The van der Waals surface area contributed by atoms with Gasteiger partial charge in [0.2, 0.25) is 0 Å². The summed E-state index contributed by atoms with van der Waals surface area (Å²) in [5.41, 5.74) is 0.255. The predicted molar refractivity (Wildman–Crippen MR) is 79.4 cm³/mol. The number of rotatable bonds is 3. The third kappa shape index (κ3) is 4.37. The second kappa shape index (κ2) is 6.55. The molecular formula is C16H23NO3.